The van der Waals surface area contributed by atoms with Crippen molar-refractivity contribution in [2.24, 2.45) is 0 Å². The first-order valence-corrected chi connectivity index (χ1v) is 8.28. The van der Waals surface area contributed by atoms with Crippen LogP contribution < -0.4 is 17.1 Å². The zero-order valence-electron chi connectivity index (χ0n) is 12.3. The minimum atomic E-state index is -3.30. The second-order valence-electron chi connectivity index (χ2n) is 4.83. The lowest BCUT2D eigenvalue weighted by atomic mass is 10.1. The molecule has 0 amide bonds. The van der Waals surface area contributed by atoms with Gasteiger partial charge >= 0.3 is 6.67 Å². The number of nitrogens with zero attached hydrogens (tertiary/aromatic N) is 2. The van der Waals surface area contributed by atoms with Gasteiger partial charge in [0.1, 0.15) is 0 Å². The number of nitrogens with one attached hydrogen (secondary N) is 1. The second-order valence-corrected chi connectivity index (χ2v) is 6.58. The van der Waals surface area contributed by atoms with E-state index in [-0.39, 0.29) is 18.2 Å². The van der Waals surface area contributed by atoms with Crippen molar-refractivity contribution in [3.8, 4) is 0 Å². The summed E-state index contributed by atoms with van der Waals surface area (Å²) in [5, 5.41) is 0. The van der Waals surface area contributed by atoms with Gasteiger partial charge in [0.05, 0.1) is 32.2 Å². The third kappa shape index (κ3) is 5.50. The minimum Gasteiger partial charge on any atom is -1.00 e. The molecule has 0 saturated carbocycles. The molecule has 22 heavy (non-hydrogen) atoms. The van der Waals surface area contributed by atoms with Crippen LogP contribution in [0.15, 0.2) is 36.7 Å². The van der Waals surface area contributed by atoms with Gasteiger partial charge in [-0.2, -0.15) is 0 Å². The van der Waals surface area contributed by atoms with Gasteiger partial charge in [0.2, 0.25) is 10.0 Å². The van der Waals surface area contributed by atoms with Gasteiger partial charge in [0.15, 0.2) is 5.78 Å². The molecule has 1 radical (unpaired) electrons. The Morgan fingerprint density at radius 3 is 2.36 bits per heavy atom. The standard InChI is InChI=1S/C14H17N3O3S.ClH/c1-16-9-10-17(11-16)8-7-14(18)12-3-5-13(6-4-12)15-21(2,19)20;/h3-6,9-10,15H,7-8H2,1-2H3;1H/q+1;/p-1. The number of anilines is 1. The van der Waals surface area contributed by atoms with Gasteiger partial charge in [0, 0.05) is 17.7 Å². The van der Waals surface area contributed by atoms with Crippen molar-refractivity contribution >= 4 is 21.5 Å². The predicted octanol–water partition coefficient (Wildman–Crippen LogP) is -1.65. The summed E-state index contributed by atoms with van der Waals surface area (Å²) in [5.41, 5.74) is 1.00. The molecule has 0 aliphatic carbocycles. The molecule has 1 aliphatic heterocycles. The van der Waals surface area contributed by atoms with E-state index in [9.17, 15) is 13.2 Å². The van der Waals surface area contributed by atoms with Gasteiger partial charge < -0.3 is 12.4 Å². The maximum atomic E-state index is 12.0. The Bertz CT molecular complexity index is 644. The molecule has 0 unspecified atom stereocenters. The first-order valence-electron chi connectivity index (χ1n) is 6.39. The Morgan fingerprint density at radius 2 is 1.86 bits per heavy atom. The summed E-state index contributed by atoms with van der Waals surface area (Å²) in [7, 11) is -1.43. The summed E-state index contributed by atoms with van der Waals surface area (Å²) in [4.78, 5) is 15.7. The zero-order valence-corrected chi connectivity index (χ0v) is 13.9. The molecule has 1 aromatic rings. The number of carbonyl (C=O) groups is 1. The predicted molar refractivity (Wildman–Crippen MR) is 80.7 cm³/mol. The minimum absolute atomic E-state index is 0. The highest BCUT2D eigenvalue weighted by Gasteiger charge is 2.27. The van der Waals surface area contributed by atoms with Gasteiger partial charge in [0.25, 0.3) is 0 Å². The summed E-state index contributed by atoms with van der Waals surface area (Å²) in [6.07, 6.45) is 5.16. The highest BCUT2D eigenvalue weighted by molar-refractivity contribution is 7.92. The smallest absolute Gasteiger partial charge is 0.564 e. The van der Waals surface area contributed by atoms with Gasteiger partial charge in [-0.15, -0.1) is 9.80 Å². The number of rotatable bonds is 6. The summed E-state index contributed by atoms with van der Waals surface area (Å²) >= 11 is 0. The third-order valence-electron chi connectivity index (χ3n) is 2.85. The number of Topliss-reactive ketones (excluding diaryl/α,β-unsaturated/α-hetero) is 1. The van der Waals surface area contributed by atoms with Crippen LogP contribution in [0.1, 0.15) is 16.8 Å². The molecule has 0 atom stereocenters. The molecule has 1 N–H and O–H groups in total. The van der Waals surface area contributed by atoms with Gasteiger partial charge in [-0.25, -0.2) is 8.42 Å². The molecular weight excluding hydrogens is 326 g/mol. The fourth-order valence-electron chi connectivity index (χ4n) is 1.88. The maximum absolute atomic E-state index is 12.0. The van der Waals surface area contributed by atoms with Gasteiger partial charge in [-0.3, -0.25) is 9.52 Å². The van der Waals surface area contributed by atoms with Crippen LogP contribution in [0.3, 0.4) is 0 Å². The van der Waals surface area contributed by atoms with Crippen molar-refractivity contribution in [2.75, 3.05) is 24.6 Å². The van der Waals surface area contributed by atoms with Crippen LogP contribution in [0.4, 0.5) is 5.69 Å². The van der Waals surface area contributed by atoms with E-state index >= 15 is 0 Å². The maximum Gasteiger partial charge on any atom is 0.564 e. The molecule has 1 aliphatic rings. The summed E-state index contributed by atoms with van der Waals surface area (Å²) < 4.78 is 24.5. The first kappa shape index (κ1) is 18.2. The molecular formula is C14H17ClN3O3S. The number of hydrogen-bond acceptors (Lipinski definition) is 5. The number of sulfonamides is 1. The molecule has 0 saturated heterocycles. The van der Waals surface area contributed by atoms with E-state index in [1.54, 1.807) is 29.2 Å². The van der Waals surface area contributed by atoms with E-state index in [0.717, 1.165) is 6.26 Å². The lowest BCUT2D eigenvalue weighted by Crippen LogP contribution is -3.00. The number of carbonyl (C=O) groups excluding carboxylic acids is 1. The van der Waals surface area contributed by atoms with E-state index in [2.05, 4.69) is 11.4 Å². The number of halogens is 1. The molecule has 0 aromatic heterocycles. The van der Waals surface area contributed by atoms with Crippen LogP contribution in [0.5, 0.6) is 0 Å². The third-order valence-corrected chi connectivity index (χ3v) is 3.45. The van der Waals surface area contributed by atoms with Crippen LogP contribution in [0, 0.1) is 6.67 Å². The summed E-state index contributed by atoms with van der Waals surface area (Å²) in [6, 6.07) is 6.40. The molecule has 119 valence electrons. The Labute approximate surface area is 137 Å². The average Bonchev–Trinajstić information content (AvgIpc) is 2.81. The molecule has 0 fully saturated rings. The largest absolute Gasteiger partial charge is 1.00 e. The van der Waals surface area contributed by atoms with Crippen LogP contribution in [0.25, 0.3) is 0 Å². The fourth-order valence-corrected chi connectivity index (χ4v) is 2.44. The zero-order chi connectivity index (χ0) is 15.5. The summed E-state index contributed by atoms with van der Waals surface area (Å²) in [5.74, 6) is 0.00524. The molecule has 2 rings (SSSR count). The normalized spacial score (nSPS) is 13.5. The van der Waals surface area contributed by atoms with E-state index in [1.165, 1.54) is 0 Å². The van der Waals surface area contributed by atoms with Gasteiger partial charge in [-0.1, -0.05) is 0 Å². The molecule has 8 heteroatoms. The number of ketones is 1. The van der Waals surface area contributed by atoms with Crippen molar-refractivity contribution in [2.45, 2.75) is 6.42 Å². The van der Waals surface area contributed by atoms with Crippen molar-refractivity contribution in [3.63, 3.8) is 0 Å². The van der Waals surface area contributed by atoms with E-state index < -0.39 is 10.0 Å². The van der Waals surface area contributed by atoms with Gasteiger partial charge in [-0.05, 0) is 24.3 Å². The van der Waals surface area contributed by atoms with E-state index in [4.69, 9.17) is 0 Å². The highest BCUT2D eigenvalue weighted by Crippen LogP contribution is 2.14. The van der Waals surface area contributed by atoms with Crippen LogP contribution in [-0.4, -0.2) is 43.8 Å². The number of benzene rings is 1. The van der Waals surface area contributed by atoms with Crippen molar-refractivity contribution < 1.29 is 25.6 Å². The van der Waals surface area contributed by atoms with Crippen LogP contribution in [0.2, 0.25) is 0 Å². The SMILES string of the molecule is CN1[C+]N(CCC(=O)c2ccc(NS(C)(=O)=O)cc2)C=C1.[Cl-]. The monoisotopic (exact) mass is 342 g/mol. The topological polar surface area (TPSA) is 69.7 Å². The molecule has 1 aromatic carbocycles. The van der Waals surface area contributed by atoms with Crippen molar-refractivity contribution in [1.82, 2.24) is 9.80 Å². The fraction of sp³-hybridized carbons (Fsp3) is 0.286. The Kier molecular flexibility index (Phi) is 6.13. The van der Waals surface area contributed by atoms with Crippen molar-refractivity contribution in [3.05, 3.63) is 48.9 Å². The highest BCUT2D eigenvalue weighted by atomic mass is 35.5. The second kappa shape index (κ2) is 7.42. The molecule has 6 nitrogen and oxygen atoms in total. The molecule has 0 spiro atoms. The molecule has 0 bridgehead atoms. The lowest BCUT2D eigenvalue weighted by Gasteiger charge is -2.06. The Morgan fingerprint density at radius 1 is 1.23 bits per heavy atom. The Hall–Kier alpha value is -1.86. The molecule has 1 heterocycles. The van der Waals surface area contributed by atoms with Crippen LogP contribution >= 0.6 is 0 Å². The quantitative estimate of drug-likeness (QED) is 0.495. The average molecular weight is 343 g/mol. The summed E-state index contributed by atoms with van der Waals surface area (Å²) in [6.45, 7) is 3.58. The number of hydrogen-bond donors (Lipinski definition) is 1. The lowest BCUT2D eigenvalue weighted by molar-refractivity contribution is -0.0000148. The first-order chi connectivity index (χ1) is 9.83. The van der Waals surface area contributed by atoms with Crippen LogP contribution in [-0.2, 0) is 10.0 Å². The van der Waals surface area contributed by atoms with E-state index in [0.29, 0.717) is 24.2 Å². The van der Waals surface area contributed by atoms with E-state index in [1.807, 2.05) is 24.3 Å². The Balaban J connectivity index is 0.00000242. The van der Waals surface area contributed by atoms with Crippen molar-refractivity contribution in [1.29, 1.82) is 0 Å².